The van der Waals surface area contributed by atoms with Crippen molar-refractivity contribution >= 4 is 28.1 Å². The minimum absolute atomic E-state index is 0.0105. The lowest BCUT2D eigenvalue weighted by Crippen LogP contribution is -2.31. The van der Waals surface area contributed by atoms with Crippen molar-refractivity contribution in [3.8, 4) is 0 Å². The van der Waals surface area contributed by atoms with Gasteiger partial charge in [-0.05, 0) is 31.2 Å². The molecule has 1 aliphatic carbocycles. The number of rotatable bonds is 6. The molecule has 17 heavy (non-hydrogen) atoms. The molecule has 1 N–H and O–H groups in total. The van der Waals surface area contributed by atoms with Crippen LogP contribution in [0, 0.1) is 0 Å². The van der Waals surface area contributed by atoms with Gasteiger partial charge < -0.3 is 4.42 Å². The second-order valence-electron chi connectivity index (χ2n) is 3.99. The van der Waals surface area contributed by atoms with Gasteiger partial charge in [0.25, 0.3) is 10.0 Å². The van der Waals surface area contributed by atoms with Crippen LogP contribution in [0.25, 0.3) is 0 Å². The molecule has 1 fully saturated rings. The van der Waals surface area contributed by atoms with Crippen LogP contribution in [0.5, 0.6) is 0 Å². The summed E-state index contributed by atoms with van der Waals surface area (Å²) in [5.74, 6) is 0.0105. The summed E-state index contributed by atoms with van der Waals surface area (Å²) >= 11 is 1.67. The lowest BCUT2D eigenvalue weighted by atomic mass is 10.4. The van der Waals surface area contributed by atoms with Gasteiger partial charge in [-0.25, -0.2) is 13.1 Å². The van der Waals surface area contributed by atoms with E-state index < -0.39 is 10.0 Å². The fourth-order valence-electron chi connectivity index (χ4n) is 1.43. The Morgan fingerprint density at radius 1 is 1.53 bits per heavy atom. The molecular formula is C10H13NO4S2. The van der Waals surface area contributed by atoms with Crippen LogP contribution in [0.2, 0.25) is 0 Å². The van der Waals surface area contributed by atoms with Gasteiger partial charge in [0.2, 0.25) is 5.09 Å². The van der Waals surface area contributed by atoms with Gasteiger partial charge >= 0.3 is 0 Å². The maximum atomic E-state index is 11.8. The molecule has 0 radical (unpaired) electrons. The molecule has 1 aliphatic rings. The highest BCUT2D eigenvalue weighted by atomic mass is 32.2. The van der Waals surface area contributed by atoms with E-state index in [1.807, 2.05) is 6.26 Å². The van der Waals surface area contributed by atoms with Crippen LogP contribution in [-0.4, -0.2) is 32.3 Å². The van der Waals surface area contributed by atoms with Crippen molar-refractivity contribution in [3.05, 3.63) is 17.9 Å². The Bertz CT molecular complexity index is 516. The van der Waals surface area contributed by atoms with Gasteiger partial charge in [0.05, 0.1) is 0 Å². The summed E-state index contributed by atoms with van der Waals surface area (Å²) in [7, 11) is -3.64. The van der Waals surface area contributed by atoms with E-state index in [1.165, 1.54) is 12.1 Å². The second-order valence-corrected chi connectivity index (χ2v) is 6.96. The van der Waals surface area contributed by atoms with Crippen LogP contribution < -0.4 is 4.72 Å². The van der Waals surface area contributed by atoms with Crippen LogP contribution in [0.4, 0.5) is 0 Å². The van der Waals surface area contributed by atoms with Crippen molar-refractivity contribution in [2.75, 3.05) is 12.8 Å². The van der Waals surface area contributed by atoms with Crippen LogP contribution in [0.3, 0.4) is 0 Å². The lowest BCUT2D eigenvalue weighted by Gasteiger charge is -2.12. The Labute approximate surface area is 104 Å². The number of hydrogen-bond donors (Lipinski definition) is 1. The topological polar surface area (TPSA) is 76.4 Å². The molecule has 94 valence electrons. The Kier molecular flexibility index (Phi) is 3.33. The highest BCUT2D eigenvalue weighted by Crippen LogP contribution is 2.46. The van der Waals surface area contributed by atoms with E-state index in [0.29, 0.717) is 12.8 Å². The molecule has 0 aliphatic heterocycles. The quantitative estimate of drug-likeness (QED) is 0.791. The summed E-state index contributed by atoms with van der Waals surface area (Å²) < 4.78 is 31.1. The van der Waals surface area contributed by atoms with Crippen molar-refractivity contribution in [2.24, 2.45) is 0 Å². The van der Waals surface area contributed by atoms with Gasteiger partial charge in [-0.15, -0.1) is 0 Å². The minimum atomic E-state index is -3.64. The molecule has 0 unspecified atom stereocenters. The number of carbonyl (C=O) groups excluding carboxylic acids is 1. The third-order valence-electron chi connectivity index (χ3n) is 2.81. The van der Waals surface area contributed by atoms with Crippen LogP contribution in [0.15, 0.2) is 21.6 Å². The fourth-order valence-corrected chi connectivity index (χ4v) is 3.31. The molecule has 1 aromatic heterocycles. The molecule has 1 saturated carbocycles. The molecule has 1 heterocycles. The third kappa shape index (κ3) is 2.72. The smallest absolute Gasteiger partial charge is 0.274 e. The third-order valence-corrected chi connectivity index (χ3v) is 5.50. The number of furan rings is 1. The number of hydrogen-bond acceptors (Lipinski definition) is 5. The number of nitrogens with one attached hydrogen (secondary N) is 1. The first-order valence-electron chi connectivity index (χ1n) is 5.11. The van der Waals surface area contributed by atoms with Gasteiger partial charge in [0.1, 0.15) is 0 Å². The van der Waals surface area contributed by atoms with Crippen LogP contribution in [0.1, 0.15) is 23.4 Å². The lowest BCUT2D eigenvalue weighted by molar-refractivity contribution is 0.109. The Hall–Kier alpha value is -0.790. The molecule has 0 atom stereocenters. The van der Waals surface area contributed by atoms with E-state index in [0.717, 1.165) is 12.8 Å². The number of aldehydes is 1. The number of carbonyl (C=O) groups is 1. The summed E-state index contributed by atoms with van der Waals surface area (Å²) in [5, 5.41) is -0.212. The number of sulfonamides is 1. The SMILES string of the molecule is CSC1(CNS(=O)(=O)c2ccc(C=O)o2)CC1. The standard InChI is InChI=1S/C10H13NO4S2/c1-16-10(4-5-10)7-11-17(13,14)9-3-2-8(6-12)15-9/h2-3,6,11H,4-5,7H2,1H3. The average molecular weight is 275 g/mol. The van der Waals surface area contributed by atoms with Gasteiger partial charge in [-0.3, -0.25) is 4.79 Å². The summed E-state index contributed by atoms with van der Waals surface area (Å²) in [6.45, 7) is 0.396. The van der Waals surface area contributed by atoms with Crippen molar-refractivity contribution < 1.29 is 17.6 Å². The summed E-state index contributed by atoms with van der Waals surface area (Å²) in [6.07, 6.45) is 4.49. The first-order chi connectivity index (χ1) is 8.01. The predicted molar refractivity (Wildman–Crippen MR) is 64.8 cm³/mol. The molecule has 0 aromatic carbocycles. The highest BCUT2D eigenvalue weighted by molar-refractivity contribution is 8.00. The van der Waals surface area contributed by atoms with E-state index in [9.17, 15) is 13.2 Å². The van der Waals surface area contributed by atoms with Crippen LogP contribution in [-0.2, 0) is 10.0 Å². The normalized spacial score (nSPS) is 17.9. The van der Waals surface area contributed by atoms with Gasteiger partial charge in [0.15, 0.2) is 12.0 Å². The molecule has 2 rings (SSSR count). The van der Waals surface area contributed by atoms with E-state index in [4.69, 9.17) is 4.42 Å². The summed E-state index contributed by atoms with van der Waals surface area (Å²) in [4.78, 5) is 10.4. The van der Waals surface area contributed by atoms with Crippen LogP contribution >= 0.6 is 11.8 Å². The van der Waals surface area contributed by atoms with E-state index in [1.54, 1.807) is 11.8 Å². The molecule has 0 spiro atoms. The van der Waals surface area contributed by atoms with E-state index in [-0.39, 0.29) is 15.6 Å². The second kappa shape index (κ2) is 4.47. The average Bonchev–Trinajstić information content (AvgIpc) is 2.94. The highest BCUT2D eigenvalue weighted by Gasteiger charge is 2.42. The van der Waals surface area contributed by atoms with Gasteiger partial charge in [-0.2, -0.15) is 11.8 Å². The monoisotopic (exact) mass is 275 g/mol. The van der Waals surface area contributed by atoms with Crippen molar-refractivity contribution in [1.82, 2.24) is 4.72 Å². The largest absolute Gasteiger partial charge is 0.440 e. The molecule has 0 saturated heterocycles. The van der Waals surface area contributed by atoms with E-state index in [2.05, 4.69) is 4.72 Å². The van der Waals surface area contributed by atoms with E-state index >= 15 is 0 Å². The Morgan fingerprint density at radius 2 is 2.24 bits per heavy atom. The summed E-state index contributed by atoms with van der Waals surface area (Å²) in [5.41, 5.74) is 0. The fraction of sp³-hybridized carbons (Fsp3) is 0.500. The Balaban J connectivity index is 2.06. The van der Waals surface area contributed by atoms with Crippen molar-refractivity contribution in [3.63, 3.8) is 0 Å². The molecule has 5 nitrogen and oxygen atoms in total. The van der Waals surface area contributed by atoms with Gasteiger partial charge in [-0.1, -0.05) is 0 Å². The van der Waals surface area contributed by atoms with Crippen molar-refractivity contribution in [2.45, 2.75) is 22.7 Å². The molecule has 7 heteroatoms. The maximum Gasteiger partial charge on any atom is 0.274 e. The zero-order chi connectivity index (χ0) is 12.5. The molecule has 0 bridgehead atoms. The predicted octanol–water partition coefficient (Wildman–Crippen LogP) is 1.27. The molecule has 0 amide bonds. The van der Waals surface area contributed by atoms with Gasteiger partial charge in [0, 0.05) is 11.3 Å². The first-order valence-corrected chi connectivity index (χ1v) is 7.82. The molecule has 1 aromatic rings. The first kappa shape index (κ1) is 12.7. The summed E-state index contributed by atoms with van der Waals surface area (Å²) in [6, 6.07) is 2.62. The zero-order valence-corrected chi connectivity index (χ0v) is 10.9. The maximum absolute atomic E-state index is 11.8. The van der Waals surface area contributed by atoms with Crippen molar-refractivity contribution in [1.29, 1.82) is 0 Å². The Morgan fingerprint density at radius 3 is 2.71 bits per heavy atom. The zero-order valence-electron chi connectivity index (χ0n) is 9.30. The minimum Gasteiger partial charge on any atom is -0.440 e. The number of thioether (sulfide) groups is 1. The molecular weight excluding hydrogens is 262 g/mol.